The fourth-order valence-electron chi connectivity index (χ4n) is 2.75. The number of nitrogens with zero attached hydrogens (tertiary/aromatic N) is 3. The maximum Gasteiger partial charge on any atom is 0.387 e. The van der Waals surface area contributed by atoms with Crippen LogP contribution in [0.15, 0.2) is 48.8 Å². The van der Waals surface area contributed by atoms with E-state index < -0.39 is 6.61 Å². The highest BCUT2D eigenvalue weighted by atomic mass is 19.3. The second kappa shape index (κ2) is 10.8. The number of allylic oxidation sites excluding steroid dienone is 1. The van der Waals surface area contributed by atoms with E-state index in [0.29, 0.717) is 41.3 Å². The number of rotatable bonds is 8. The molecule has 2 heterocycles. The number of hydrogen-bond acceptors (Lipinski definition) is 6. The van der Waals surface area contributed by atoms with Gasteiger partial charge < -0.3 is 15.8 Å². The quantitative estimate of drug-likeness (QED) is 0.391. The highest BCUT2D eigenvalue weighted by Crippen LogP contribution is 2.16. The summed E-state index contributed by atoms with van der Waals surface area (Å²) < 4.78 is 29.1. The number of nitrogens with two attached hydrogens (primary N) is 1. The largest absolute Gasteiger partial charge is 0.435 e. The Morgan fingerprint density at radius 1 is 1.28 bits per heavy atom. The second-order valence-corrected chi connectivity index (χ2v) is 6.45. The fourth-order valence-corrected chi connectivity index (χ4v) is 2.75. The molecule has 0 atom stereocenters. The minimum absolute atomic E-state index is 0.0809. The van der Waals surface area contributed by atoms with E-state index in [-0.39, 0.29) is 11.8 Å². The van der Waals surface area contributed by atoms with Crippen molar-refractivity contribution in [3.8, 4) is 5.75 Å². The maximum absolute atomic E-state index is 12.4. The summed E-state index contributed by atoms with van der Waals surface area (Å²) >= 11 is 0. The Hall–Kier alpha value is -4.15. The van der Waals surface area contributed by atoms with Crippen LogP contribution < -0.4 is 26.1 Å². The van der Waals surface area contributed by atoms with Crippen LogP contribution >= 0.6 is 0 Å². The third-order valence-electron chi connectivity index (χ3n) is 4.15. The summed E-state index contributed by atoms with van der Waals surface area (Å²) in [6.07, 6.45) is 4.54. The average molecular weight is 442 g/mol. The third kappa shape index (κ3) is 6.17. The number of aromatic nitrogens is 3. The van der Waals surface area contributed by atoms with Crippen molar-refractivity contribution in [2.45, 2.75) is 20.1 Å². The Kier molecular flexibility index (Phi) is 7.57. The Labute approximate surface area is 182 Å². The van der Waals surface area contributed by atoms with Gasteiger partial charge in [0.25, 0.3) is 0 Å². The Balaban J connectivity index is 1.75. The number of benzene rings is 1. The maximum atomic E-state index is 12.4. The van der Waals surface area contributed by atoms with E-state index in [0.717, 1.165) is 5.56 Å². The zero-order valence-electron chi connectivity index (χ0n) is 17.2. The zero-order chi connectivity index (χ0) is 22.9. The van der Waals surface area contributed by atoms with E-state index in [1.807, 2.05) is 6.92 Å². The van der Waals surface area contributed by atoms with E-state index in [1.54, 1.807) is 36.7 Å². The number of amides is 2. The van der Waals surface area contributed by atoms with Crippen LogP contribution in [-0.4, -0.2) is 40.4 Å². The molecule has 0 saturated heterocycles. The van der Waals surface area contributed by atoms with Gasteiger partial charge in [-0.25, -0.2) is 19.8 Å². The summed E-state index contributed by atoms with van der Waals surface area (Å²) in [5.74, 6) is 0.415. The van der Waals surface area contributed by atoms with Crippen molar-refractivity contribution in [2.75, 3.05) is 11.9 Å². The van der Waals surface area contributed by atoms with Gasteiger partial charge in [-0.2, -0.15) is 8.78 Å². The number of pyridine rings is 1. The lowest BCUT2D eigenvalue weighted by molar-refractivity contribution is -0.468. The van der Waals surface area contributed by atoms with Crippen LogP contribution in [0.25, 0.3) is 16.7 Å². The first kappa shape index (κ1) is 22.5. The van der Waals surface area contributed by atoms with Gasteiger partial charge in [0.15, 0.2) is 18.4 Å². The van der Waals surface area contributed by atoms with Gasteiger partial charge in [0.05, 0.1) is 17.5 Å². The first-order valence-electron chi connectivity index (χ1n) is 9.69. The molecule has 0 fully saturated rings. The van der Waals surface area contributed by atoms with Gasteiger partial charge in [0.1, 0.15) is 17.1 Å². The van der Waals surface area contributed by atoms with E-state index in [2.05, 4.69) is 35.3 Å². The lowest BCUT2D eigenvalue weighted by atomic mass is 10.2. The van der Waals surface area contributed by atoms with Crippen LogP contribution in [0, 0.1) is 0 Å². The van der Waals surface area contributed by atoms with Crippen molar-refractivity contribution in [3.05, 3.63) is 60.1 Å². The minimum Gasteiger partial charge on any atom is -0.435 e. The van der Waals surface area contributed by atoms with Crippen LogP contribution in [-0.2, 0) is 6.54 Å². The Morgan fingerprint density at radius 3 is 2.88 bits per heavy atom. The van der Waals surface area contributed by atoms with Crippen LogP contribution in [0.2, 0.25) is 0 Å². The fraction of sp³-hybridized carbons (Fsp3) is 0.190. The van der Waals surface area contributed by atoms with E-state index >= 15 is 0 Å². The molecule has 166 valence electrons. The topological polar surface area (TPSA) is 129 Å². The monoisotopic (exact) mass is 442 g/mol. The third-order valence-corrected chi connectivity index (χ3v) is 4.15. The summed E-state index contributed by atoms with van der Waals surface area (Å²) in [4.78, 5) is 27.9. The number of hydrogen-bond donors (Lipinski definition) is 4. The molecule has 0 aliphatic carbocycles. The van der Waals surface area contributed by atoms with Gasteiger partial charge in [-0.1, -0.05) is 12.1 Å². The van der Waals surface area contributed by atoms with E-state index in [1.165, 1.54) is 18.3 Å². The Morgan fingerprint density at radius 2 is 2.12 bits per heavy atom. The number of ether oxygens (including phenoxy) is 1. The summed E-state index contributed by atoms with van der Waals surface area (Å²) in [5.41, 5.74) is 8.38. The number of alkyl halides is 2. The molecule has 2 amide bonds. The number of fused-ring (bicyclic) bond motifs is 1. The van der Waals surface area contributed by atoms with Crippen LogP contribution in [0.5, 0.6) is 5.75 Å². The number of nitrogens with one attached hydrogen (secondary N) is 3. The first-order valence-corrected chi connectivity index (χ1v) is 9.69. The van der Waals surface area contributed by atoms with Gasteiger partial charge in [-0.3, -0.25) is 10.3 Å². The molecule has 0 spiro atoms. The predicted molar refractivity (Wildman–Crippen MR) is 116 cm³/mol. The van der Waals surface area contributed by atoms with Gasteiger partial charge in [-0.05, 0) is 31.2 Å². The molecule has 1 aromatic carbocycles. The number of carbonyl (C=O) groups is 1. The summed E-state index contributed by atoms with van der Waals surface area (Å²) in [6, 6.07) is 9.33. The van der Waals surface area contributed by atoms with E-state index in [4.69, 9.17) is 5.73 Å². The van der Waals surface area contributed by atoms with Gasteiger partial charge in [0.2, 0.25) is 0 Å². The lowest BCUT2D eigenvalue weighted by Crippen LogP contribution is -2.67. The van der Waals surface area contributed by atoms with Crippen molar-refractivity contribution in [1.29, 1.82) is 0 Å². The smallest absolute Gasteiger partial charge is 0.387 e. The Bertz CT molecular complexity index is 1150. The number of urea groups is 1. The highest BCUT2D eigenvalue weighted by Gasteiger charge is 2.10. The van der Waals surface area contributed by atoms with Gasteiger partial charge in [0, 0.05) is 18.3 Å². The molecule has 32 heavy (non-hydrogen) atoms. The molecule has 3 aromatic rings. The van der Waals surface area contributed by atoms with Crippen LogP contribution in [0.3, 0.4) is 0 Å². The summed E-state index contributed by atoms with van der Waals surface area (Å²) in [7, 11) is 0. The molecule has 0 unspecified atom stereocenters. The van der Waals surface area contributed by atoms with Crippen molar-refractivity contribution in [3.63, 3.8) is 0 Å². The number of carbonyl (C=O) groups excluding carboxylic acids is 1. The molecule has 2 aromatic heterocycles. The van der Waals surface area contributed by atoms with Crippen molar-refractivity contribution >= 4 is 34.8 Å². The summed E-state index contributed by atoms with van der Waals surface area (Å²) in [6.45, 7) is -0.240. The molecule has 0 radical (unpaired) electrons. The van der Waals surface area contributed by atoms with Crippen molar-refractivity contribution in [1.82, 2.24) is 20.3 Å². The molecular weight excluding hydrogens is 420 g/mol. The van der Waals surface area contributed by atoms with Gasteiger partial charge >= 0.3 is 12.6 Å². The van der Waals surface area contributed by atoms with E-state index in [9.17, 15) is 13.6 Å². The van der Waals surface area contributed by atoms with Crippen molar-refractivity contribution in [2.24, 2.45) is 5.73 Å². The summed E-state index contributed by atoms with van der Waals surface area (Å²) in [5, 5.41) is 5.24. The minimum atomic E-state index is -2.88. The SMILES string of the molecule is CCNC(=O)Nc1ccc2ncc(C(C=[NH+]Cc3cccc(OC(F)F)c3)=CN)nc2n1. The number of halogens is 2. The second-order valence-electron chi connectivity index (χ2n) is 6.45. The van der Waals surface area contributed by atoms with Crippen molar-refractivity contribution < 1.29 is 23.3 Å². The van der Waals surface area contributed by atoms with Crippen LogP contribution in [0.4, 0.5) is 19.4 Å². The van der Waals surface area contributed by atoms with Gasteiger partial charge in [-0.15, -0.1) is 0 Å². The standard InChI is InChI=1S/C21H21F2N7O2/c1-2-26-21(31)30-18-7-6-16-19(29-18)28-17(12-27-16)14(9-24)11-25-10-13-4-3-5-15(8-13)32-20(22)23/h3-9,11-12,20H,2,10,24H2,1H3,(H2,26,28,29,30,31)/p+1. The molecule has 0 saturated carbocycles. The molecule has 9 nitrogen and oxygen atoms in total. The molecule has 11 heteroatoms. The normalized spacial score (nSPS) is 11.8. The molecular formula is C21H22F2N7O2+. The molecule has 0 aliphatic heterocycles. The van der Waals surface area contributed by atoms with Crippen LogP contribution in [0.1, 0.15) is 18.2 Å². The highest BCUT2D eigenvalue weighted by molar-refractivity contribution is 6.06. The zero-order valence-corrected chi connectivity index (χ0v) is 17.2. The molecule has 0 bridgehead atoms. The molecule has 0 aliphatic rings. The predicted octanol–water partition coefficient (Wildman–Crippen LogP) is 1.42. The molecule has 5 N–H and O–H groups in total. The first-order chi connectivity index (χ1) is 15.5. The molecule has 3 rings (SSSR count). The number of anilines is 1. The average Bonchev–Trinajstić information content (AvgIpc) is 2.76. The lowest BCUT2D eigenvalue weighted by Gasteiger charge is -2.06.